The van der Waals surface area contributed by atoms with Crippen LogP contribution in [0.5, 0.6) is 0 Å². The molecule has 0 bridgehead atoms. The van der Waals surface area contributed by atoms with Crippen LogP contribution >= 0.6 is 0 Å². The van der Waals surface area contributed by atoms with Crippen molar-refractivity contribution in [3.63, 3.8) is 0 Å². The highest BCUT2D eigenvalue weighted by atomic mass is 19.1. The van der Waals surface area contributed by atoms with Gasteiger partial charge in [-0.05, 0) is 43.2 Å². The van der Waals surface area contributed by atoms with Gasteiger partial charge in [0.05, 0.1) is 4.92 Å². The Morgan fingerprint density at radius 3 is 2.67 bits per heavy atom. The van der Waals surface area contributed by atoms with E-state index in [2.05, 4.69) is 5.32 Å². The Bertz CT molecular complexity index is 689. The van der Waals surface area contributed by atoms with E-state index in [-0.39, 0.29) is 23.2 Å². The average Bonchev–Trinajstić information content (AvgIpc) is 2.41. The van der Waals surface area contributed by atoms with Crippen LogP contribution in [0.4, 0.5) is 21.5 Å². The predicted octanol–water partition coefficient (Wildman–Crippen LogP) is 3.80. The first-order chi connectivity index (χ1) is 9.90. The van der Waals surface area contributed by atoms with E-state index < -0.39 is 4.92 Å². The van der Waals surface area contributed by atoms with Gasteiger partial charge in [-0.2, -0.15) is 0 Å². The predicted molar refractivity (Wildman–Crippen MR) is 80.7 cm³/mol. The number of hydrogen-bond donors (Lipinski definition) is 2. The number of anilines is 2. The highest BCUT2D eigenvalue weighted by Crippen LogP contribution is 2.33. The lowest BCUT2D eigenvalue weighted by Gasteiger charge is -2.16. The van der Waals surface area contributed by atoms with Crippen LogP contribution in [0.15, 0.2) is 36.4 Å². The van der Waals surface area contributed by atoms with Crippen molar-refractivity contribution in [2.75, 3.05) is 11.1 Å². The molecule has 0 radical (unpaired) electrons. The number of halogens is 1. The van der Waals surface area contributed by atoms with Gasteiger partial charge in [0.2, 0.25) is 0 Å². The maximum atomic E-state index is 13.6. The minimum Gasteiger partial charge on any atom is -0.393 e. The molecule has 2 aromatic rings. The first kappa shape index (κ1) is 14.8. The summed E-state index contributed by atoms with van der Waals surface area (Å²) in [5.41, 5.74) is 7.13. The van der Waals surface area contributed by atoms with Crippen LogP contribution in [0, 0.1) is 22.9 Å². The maximum Gasteiger partial charge on any atom is 0.314 e. The van der Waals surface area contributed by atoms with Crippen LogP contribution in [0.1, 0.15) is 24.1 Å². The Kier molecular flexibility index (Phi) is 4.07. The van der Waals surface area contributed by atoms with E-state index in [0.29, 0.717) is 16.8 Å². The molecule has 110 valence electrons. The zero-order valence-corrected chi connectivity index (χ0v) is 11.8. The van der Waals surface area contributed by atoms with Crippen LogP contribution < -0.4 is 11.1 Å². The molecule has 1 unspecified atom stereocenters. The molecule has 2 rings (SSSR count). The molecule has 21 heavy (non-hydrogen) atoms. The third-order valence-electron chi connectivity index (χ3n) is 3.32. The van der Waals surface area contributed by atoms with E-state index in [1.54, 1.807) is 38.1 Å². The van der Waals surface area contributed by atoms with Crippen molar-refractivity contribution < 1.29 is 9.31 Å². The molecule has 0 fully saturated rings. The molecule has 1 atom stereocenters. The standard InChI is InChI=1S/C15H16FN3O2/c1-9-6-7-11(8-12(9)16)10(2)18-14-5-3-4-13(17)15(14)19(20)21/h3-8,10,18H,17H2,1-2H3. The van der Waals surface area contributed by atoms with Gasteiger partial charge in [-0.15, -0.1) is 0 Å². The van der Waals surface area contributed by atoms with Crippen LogP contribution in [-0.2, 0) is 0 Å². The number of nitrogen functional groups attached to an aromatic ring is 1. The molecule has 2 aromatic carbocycles. The second-order valence-electron chi connectivity index (χ2n) is 4.88. The molecule has 0 heterocycles. The summed E-state index contributed by atoms with van der Waals surface area (Å²) in [5, 5.41) is 14.1. The fourth-order valence-electron chi connectivity index (χ4n) is 2.08. The lowest BCUT2D eigenvalue weighted by molar-refractivity contribution is -0.383. The van der Waals surface area contributed by atoms with E-state index in [1.807, 2.05) is 0 Å². The normalized spacial score (nSPS) is 12.0. The van der Waals surface area contributed by atoms with Crippen molar-refractivity contribution in [1.82, 2.24) is 0 Å². The Balaban J connectivity index is 2.31. The van der Waals surface area contributed by atoms with Crippen molar-refractivity contribution in [3.8, 4) is 0 Å². The van der Waals surface area contributed by atoms with E-state index >= 15 is 0 Å². The zero-order chi connectivity index (χ0) is 15.6. The van der Waals surface area contributed by atoms with Gasteiger partial charge in [0.15, 0.2) is 0 Å². The molecule has 0 aromatic heterocycles. The van der Waals surface area contributed by atoms with Gasteiger partial charge in [0.25, 0.3) is 0 Å². The number of para-hydroxylation sites is 1. The number of nitro benzene ring substituents is 1. The number of nitrogens with two attached hydrogens (primary N) is 1. The van der Waals surface area contributed by atoms with Crippen molar-refractivity contribution in [2.45, 2.75) is 19.9 Å². The van der Waals surface area contributed by atoms with Gasteiger partial charge < -0.3 is 11.1 Å². The van der Waals surface area contributed by atoms with E-state index in [0.717, 1.165) is 0 Å². The summed E-state index contributed by atoms with van der Waals surface area (Å²) in [6, 6.07) is 9.28. The van der Waals surface area contributed by atoms with E-state index in [4.69, 9.17) is 5.73 Å². The Hall–Kier alpha value is -2.63. The fraction of sp³-hybridized carbons (Fsp3) is 0.200. The third kappa shape index (κ3) is 3.10. The number of hydrogen-bond acceptors (Lipinski definition) is 4. The highest BCUT2D eigenvalue weighted by Gasteiger charge is 2.19. The zero-order valence-electron chi connectivity index (χ0n) is 11.8. The third-order valence-corrected chi connectivity index (χ3v) is 3.32. The lowest BCUT2D eigenvalue weighted by Crippen LogP contribution is -2.10. The molecule has 5 nitrogen and oxygen atoms in total. The Morgan fingerprint density at radius 1 is 1.33 bits per heavy atom. The molecule has 3 N–H and O–H groups in total. The monoisotopic (exact) mass is 289 g/mol. The number of benzene rings is 2. The van der Waals surface area contributed by atoms with E-state index in [1.165, 1.54) is 12.1 Å². The van der Waals surface area contributed by atoms with E-state index in [9.17, 15) is 14.5 Å². The fourth-order valence-corrected chi connectivity index (χ4v) is 2.08. The lowest BCUT2D eigenvalue weighted by atomic mass is 10.1. The Labute approximate surface area is 121 Å². The maximum absolute atomic E-state index is 13.6. The number of nitrogens with zero attached hydrogens (tertiary/aromatic N) is 1. The average molecular weight is 289 g/mol. The summed E-state index contributed by atoms with van der Waals surface area (Å²) >= 11 is 0. The first-order valence-electron chi connectivity index (χ1n) is 6.45. The smallest absolute Gasteiger partial charge is 0.314 e. The quantitative estimate of drug-likeness (QED) is 0.509. The van der Waals surface area contributed by atoms with Crippen molar-refractivity contribution in [2.24, 2.45) is 0 Å². The summed E-state index contributed by atoms with van der Waals surface area (Å²) in [5.74, 6) is -0.303. The van der Waals surface area contributed by atoms with Crippen molar-refractivity contribution >= 4 is 17.1 Å². The second-order valence-corrected chi connectivity index (χ2v) is 4.88. The molecule has 0 amide bonds. The molecule has 0 spiro atoms. The topological polar surface area (TPSA) is 81.2 Å². The minimum atomic E-state index is -0.528. The summed E-state index contributed by atoms with van der Waals surface area (Å²) < 4.78 is 13.6. The molecular formula is C15H16FN3O2. The van der Waals surface area contributed by atoms with Gasteiger partial charge >= 0.3 is 5.69 Å². The summed E-state index contributed by atoms with van der Waals surface area (Å²) in [6.07, 6.45) is 0. The van der Waals surface area contributed by atoms with Crippen LogP contribution in [-0.4, -0.2) is 4.92 Å². The minimum absolute atomic E-state index is 0.0901. The van der Waals surface area contributed by atoms with Gasteiger partial charge in [-0.25, -0.2) is 4.39 Å². The summed E-state index contributed by atoms with van der Waals surface area (Å²) in [4.78, 5) is 10.6. The van der Waals surface area contributed by atoms with Gasteiger partial charge in [-0.3, -0.25) is 10.1 Å². The van der Waals surface area contributed by atoms with Crippen molar-refractivity contribution in [3.05, 3.63) is 63.5 Å². The number of nitro groups is 1. The SMILES string of the molecule is Cc1ccc(C(C)Nc2cccc(N)c2[N+](=O)[O-])cc1F. The number of rotatable bonds is 4. The van der Waals surface area contributed by atoms with Crippen LogP contribution in [0.25, 0.3) is 0 Å². The summed E-state index contributed by atoms with van der Waals surface area (Å²) in [7, 11) is 0. The van der Waals surface area contributed by atoms with Gasteiger partial charge in [0.1, 0.15) is 17.2 Å². The first-order valence-corrected chi connectivity index (χ1v) is 6.45. The molecule has 0 saturated heterocycles. The van der Waals surface area contributed by atoms with Crippen LogP contribution in [0.2, 0.25) is 0 Å². The number of aryl methyl sites for hydroxylation is 1. The van der Waals surface area contributed by atoms with Crippen molar-refractivity contribution in [1.29, 1.82) is 0 Å². The van der Waals surface area contributed by atoms with Gasteiger partial charge in [-0.1, -0.05) is 18.2 Å². The molecular weight excluding hydrogens is 273 g/mol. The van der Waals surface area contributed by atoms with Crippen LogP contribution in [0.3, 0.4) is 0 Å². The number of nitrogens with one attached hydrogen (secondary N) is 1. The molecule has 6 heteroatoms. The Morgan fingerprint density at radius 2 is 2.05 bits per heavy atom. The highest BCUT2D eigenvalue weighted by molar-refractivity contribution is 5.74. The molecule has 0 aliphatic rings. The molecule has 0 aliphatic carbocycles. The largest absolute Gasteiger partial charge is 0.393 e. The molecule has 0 aliphatic heterocycles. The second kappa shape index (κ2) is 5.78. The molecule has 0 saturated carbocycles. The summed E-state index contributed by atoms with van der Waals surface area (Å²) in [6.45, 7) is 3.48. The van der Waals surface area contributed by atoms with Gasteiger partial charge in [0, 0.05) is 6.04 Å².